The third-order valence-corrected chi connectivity index (χ3v) is 3.11. The van der Waals surface area contributed by atoms with Gasteiger partial charge in [0.05, 0.1) is 19.3 Å². The van der Waals surface area contributed by atoms with E-state index < -0.39 is 0 Å². The zero-order valence-electron chi connectivity index (χ0n) is 13.3. The highest BCUT2D eigenvalue weighted by Crippen LogP contribution is 2.20. The minimum atomic E-state index is 0.0961. The van der Waals surface area contributed by atoms with Crippen molar-refractivity contribution in [3.05, 3.63) is 35.4 Å². The number of rotatable bonds is 10. The maximum atomic E-state index is 6.01. The molecule has 0 saturated carbocycles. The molecule has 0 aliphatic rings. The molecule has 1 aromatic carbocycles. The van der Waals surface area contributed by atoms with Crippen LogP contribution in [0.4, 0.5) is 0 Å². The molecule has 3 nitrogen and oxygen atoms in total. The van der Waals surface area contributed by atoms with E-state index in [1.807, 2.05) is 0 Å². The summed E-state index contributed by atoms with van der Waals surface area (Å²) in [4.78, 5) is 0. The number of hydrogen-bond donors (Lipinski definition) is 1. The molecule has 0 bridgehead atoms. The van der Waals surface area contributed by atoms with Gasteiger partial charge in [-0.1, -0.05) is 45.0 Å². The van der Waals surface area contributed by atoms with Crippen LogP contribution in [0.1, 0.15) is 38.0 Å². The maximum absolute atomic E-state index is 6.01. The van der Waals surface area contributed by atoms with Crippen LogP contribution in [-0.4, -0.2) is 32.9 Å². The van der Waals surface area contributed by atoms with E-state index in [0.29, 0.717) is 19.1 Å². The lowest BCUT2D eigenvalue weighted by atomic mass is 10.0. The molecule has 0 amide bonds. The summed E-state index contributed by atoms with van der Waals surface area (Å²) in [6.45, 7) is 12.4. The van der Waals surface area contributed by atoms with Gasteiger partial charge in [0.1, 0.15) is 0 Å². The average Bonchev–Trinajstić information content (AvgIpc) is 2.42. The van der Waals surface area contributed by atoms with Gasteiger partial charge in [-0.3, -0.25) is 0 Å². The van der Waals surface area contributed by atoms with Crippen molar-refractivity contribution in [2.45, 2.75) is 33.8 Å². The van der Waals surface area contributed by atoms with Crippen molar-refractivity contribution in [1.29, 1.82) is 0 Å². The molecule has 114 valence electrons. The predicted octanol–water partition coefficient (Wildman–Crippen LogP) is 3.33. The molecular formula is C17H29NO2. The summed E-state index contributed by atoms with van der Waals surface area (Å²) in [7, 11) is 0. The second-order valence-electron chi connectivity index (χ2n) is 5.49. The van der Waals surface area contributed by atoms with Crippen molar-refractivity contribution in [3.8, 4) is 0 Å². The molecule has 1 rings (SSSR count). The number of hydrogen-bond acceptors (Lipinski definition) is 3. The molecule has 0 saturated heterocycles. The molecule has 1 N–H and O–H groups in total. The number of benzene rings is 1. The number of aryl methyl sites for hydroxylation is 1. The standard InChI is InChI=1S/C17H29NO2/c1-5-18-12-17(16-9-7-6-8-15(16)4)20-11-10-19-13-14(2)3/h6-9,14,17-18H,5,10-13H2,1-4H3. The topological polar surface area (TPSA) is 30.5 Å². The van der Waals surface area contributed by atoms with Crippen LogP contribution in [-0.2, 0) is 9.47 Å². The molecule has 0 heterocycles. The average molecular weight is 279 g/mol. The van der Waals surface area contributed by atoms with Crippen LogP contribution in [0.5, 0.6) is 0 Å². The van der Waals surface area contributed by atoms with Gasteiger partial charge in [0.2, 0.25) is 0 Å². The Hall–Kier alpha value is -0.900. The molecule has 1 aromatic rings. The van der Waals surface area contributed by atoms with Crippen LogP contribution in [0.3, 0.4) is 0 Å². The van der Waals surface area contributed by atoms with Gasteiger partial charge < -0.3 is 14.8 Å². The molecule has 20 heavy (non-hydrogen) atoms. The van der Waals surface area contributed by atoms with E-state index in [-0.39, 0.29) is 6.10 Å². The smallest absolute Gasteiger partial charge is 0.0952 e. The molecule has 0 aliphatic heterocycles. The lowest BCUT2D eigenvalue weighted by Crippen LogP contribution is -2.25. The fourth-order valence-electron chi connectivity index (χ4n) is 2.05. The molecule has 0 fully saturated rings. The van der Waals surface area contributed by atoms with Gasteiger partial charge in [0, 0.05) is 13.2 Å². The lowest BCUT2D eigenvalue weighted by Gasteiger charge is -2.20. The van der Waals surface area contributed by atoms with Gasteiger partial charge in [-0.15, -0.1) is 0 Å². The summed E-state index contributed by atoms with van der Waals surface area (Å²) in [6, 6.07) is 8.41. The molecule has 0 spiro atoms. The van der Waals surface area contributed by atoms with Crippen molar-refractivity contribution in [3.63, 3.8) is 0 Å². The van der Waals surface area contributed by atoms with Crippen LogP contribution in [0.2, 0.25) is 0 Å². The summed E-state index contributed by atoms with van der Waals surface area (Å²) in [5, 5.41) is 3.37. The van der Waals surface area contributed by atoms with Crippen LogP contribution in [0.15, 0.2) is 24.3 Å². The first-order chi connectivity index (χ1) is 9.65. The molecular weight excluding hydrogens is 250 g/mol. The lowest BCUT2D eigenvalue weighted by molar-refractivity contribution is -0.00134. The number of ether oxygens (including phenoxy) is 2. The second kappa shape index (κ2) is 9.92. The van der Waals surface area contributed by atoms with E-state index in [1.165, 1.54) is 11.1 Å². The molecule has 1 unspecified atom stereocenters. The summed E-state index contributed by atoms with van der Waals surface area (Å²) >= 11 is 0. The van der Waals surface area contributed by atoms with Crippen LogP contribution in [0.25, 0.3) is 0 Å². The van der Waals surface area contributed by atoms with Gasteiger partial charge in [0.15, 0.2) is 0 Å². The third kappa shape index (κ3) is 6.51. The fourth-order valence-corrected chi connectivity index (χ4v) is 2.05. The Morgan fingerprint density at radius 3 is 2.55 bits per heavy atom. The summed E-state index contributed by atoms with van der Waals surface area (Å²) in [5.74, 6) is 0.573. The van der Waals surface area contributed by atoms with Gasteiger partial charge >= 0.3 is 0 Å². The Balaban J connectivity index is 2.46. The molecule has 0 aliphatic carbocycles. The van der Waals surface area contributed by atoms with Gasteiger partial charge in [-0.05, 0) is 30.5 Å². The molecule has 0 aromatic heterocycles. The van der Waals surface area contributed by atoms with E-state index in [0.717, 1.165) is 19.7 Å². The zero-order valence-corrected chi connectivity index (χ0v) is 13.3. The Morgan fingerprint density at radius 1 is 1.15 bits per heavy atom. The summed E-state index contributed by atoms with van der Waals surface area (Å²) in [6.07, 6.45) is 0.0961. The van der Waals surface area contributed by atoms with Crippen LogP contribution >= 0.6 is 0 Å². The van der Waals surface area contributed by atoms with Crippen LogP contribution < -0.4 is 5.32 Å². The van der Waals surface area contributed by atoms with E-state index in [9.17, 15) is 0 Å². The highest BCUT2D eigenvalue weighted by atomic mass is 16.5. The highest BCUT2D eigenvalue weighted by molar-refractivity contribution is 5.28. The third-order valence-electron chi connectivity index (χ3n) is 3.11. The van der Waals surface area contributed by atoms with Crippen molar-refractivity contribution >= 4 is 0 Å². The Bertz CT molecular complexity index is 366. The Labute approximate surface area is 123 Å². The van der Waals surface area contributed by atoms with Crippen molar-refractivity contribution in [2.24, 2.45) is 5.92 Å². The maximum Gasteiger partial charge on any atom is 0.0952 e. The fraction of sp³-hybridized carbons (Fsp3) is 0.647. The van der Waals surface area contributed by atoms with E-state index in [4.69, 9.17) is 9.47 Å². The monoisotopic (exact) mass is 279 g/mol. The molecule has 0 radical (unpaired) electrons. The summed E-state index contributed by atoms with van der Waals surface area (Å²) in [5.41, 5.74) is 2.54. The first-order valence-electron chi connectivity index (χ1n) is 7.60. The highest BCUT2D eigenvalue weighted by Gasteiger charge is 2.13. The van der Waals surface area contributed by atoms with E-state index in [2.05, 4.69) is 57.3 Å². The van der Waals surface area contributed by atoms with E-state index in [1.54, 1.807) is 0 Å². The van der Waals surface area contributed by atoms with Crippen molar-refractivity contribution < 1.29 is 9.47 Å². The van der Waals surface area contributed by atoms with Crippen LogP contribution in [0, 0.1) is 12.8 Å². The Morgan fingerprint density at radius 2 is 1.90 bits per heavy atom. The SMILES string of the molecule is CCNCC(OCCOCC(C)C)c1ccccc1C. The van der Waals surface area contributed by atoms with Gasteiger partial charge in [-0.2, -0.15) is 0 Å². The predicted molar refractivity (Wildman–Crippen MR) is 84.1 cm³/mol. The zero-order chi connectivity index (χ0) is 14.8. The number of likely N-dealkylation sites (N-methyl/N-ethyl adjacent to an activating group) is 1. The minimum absolute atomic E-state index is 0.0961. The first kappa shape index (κ1) is 17.2. The minimum Gasteiger partial charge on any atom is -0.379 e. The van der Waals surface area contributed by atoms with E-state index >= 15 is 0 Å². The van der Waals surface area contributed by atoms with Crippen molar-refractivity contribution in [2.75, 3.05) is 32.9 Å². The Kier molecular flexibility index (Phi) is 8.51. The summed E-state index contributed by atoms with van der Waals surface area (Å²) < 4.78 is 11.6. The quantitative estimate of drug-likeness (QED) is 0.666. The molecule has 1 atom stereocenters. The largest absolute Gasteiger partial charge is 0.379 e. The first-order valence-corrected chi connectivity index (χ1v) is 7.60. The normalized spacial score (nSPS) is 12.8. The number of nitrogens with one attached hydrogen (secondary N) is 1. The molecule has 3 heteroatoms. The van der Waals surface area contributed by atoms with Crippen molar-refractivity contribution in [1.82, 2.24) is 5.32 Å². The van der Waals surface area contributed by atoms with Gasteiger partial charge in [-0.25, -0.2) is 0 Å². The van der Waals surface area contributed by atoms with Gasteiger partial charge in [0.25, 0.3) is 0 Å². The second-order valence-corrected chi connectivity index (χ2v) is 5.49.